The summed E-state index contributed by atoms with van der Waals surface area (Å²) < 4.78 is 23.6. The third-order valence-corrected chi connectivity index (χ3v) is 5.63. The quantitative estimate of drug-likeness (QED) is 0.857. The van der Waals surface area contributed by atoms with Gasteiger partial charge in [-0.05, 0) is 38.6 Å². The Bertz CT molecular complexity index is 764. The van der Waals surface area contributed by atoms with Crippen molar-refractivity contribution in [2.75, 3.05) is 19.3 Å². The van der Waals surface area contributed by atoms with Crippen molar-refractivity contribution in [3.8, 4) is 0 Å². The van der Waals surface area contributed by atoms with Crippen LogP contribution in [0.2, 0.25) is 0 Å². The van der Waals surface area contributed by atoms with E-state index in [9.17, 15) is 8.42 Å². The van der Waals surface area contributed by atoms with Gasteiger partial charge >= 0.3 is 0 Å². The van der Waals surface area contributed by atoms with Crippen LogP contribution in [-0.2, 0) is 22.8 Å². The Morgan fingerprint density at radius 1 is 1.43 bits per heavy atom. The highest BCUT2D eigenvalue weighted by atomic mass is 32.2. The Morgan fingerprint density at radius 3 is 2.96 bits per heavy atom. The number of imidazole rings is 1. The Balaban J connectivity index is 1.65. The van der Waals surface area contributed by atoms with Gasteiger partial charge in [-0.3, -0.25) is 10.00 Å². The molecule has 126 valence electrons. The summed E-state index contributed by atoms with van der Waals surface area (Å²) in [5, 5.41) is 6.78. The zero-order chi connectivity index (χ0) is 16.4. The zero-order valence-electron chi connectivity index (χ0n) is 13.5. The van der Waals surface area contributed by atoms with Crippen LogP contribution in [0.4, 0.5) is 0 Å². The summed E-state index contributed by atoms with van der Waals surface area (Å²) in [4.78, 5) is 10.2. The number of piperidine rings is 1. The Hall–Kier alpha value is -1.67. The number of nitrogens with zero attached hydrogens (tertiary/aromatic N) is 3. The van der Waals surface area contributed by atoms with Gasteiger partial charge in [-0.15, -0.1) is 0 Å². The first-order chi connectivity index (χ1) is 10.9. The van der Waals surface area contributed by atoms with E-state index >= 15 is 0 Å². The van der Waals surface area contributed by atoms with Crippen molar-refractivity contribution in [2.24, 2.45) is 5.92 Å². The maximum atomic E-state index is 11.8. The van der Waals surface area contributed by atoms with Crippen LogP contribution >= 0.6 is 0 Å². The number of hydrogen-bond donors (Lipinski definition) is 2. The highest BCUT2D eigenvalue weighted by Crippen LogP contribution is 2.24. The van der Waals surface area contributed by atoms with Crippen LogP contribution in [0.3, 0.4) is 0 Å². The predicted molar refractivity (Wildman–Crippen MR) is 86.7 cm³/mol. The lowest BCUT2D eigenvalue weighted by Crippen LogP contribution is -2.36. The monoisotopic (exact) mass is 337 g/mol. The fourth-order valence-electron chi connectivity index (χ4n) is 3.28. The molecule has 0 aromatic carbocycles. The number of aryl methyl sites for hydroxylation is 1. The highest BCUT2D eigenvalue weighted by molar-refractivity contribution is 7.90. The van der Waals surface area contributed by atoms with Crippen molar-refractivity contribution in [1.82, 2.24) is 25.1 Å². The minimum Gasteiger partial charge on any atom is -0.348 e. The summed E-state index contributed by atoms with van der Waals surface area (Å²) in [6.45, 7) is 4.89. The van der Waals surface area contributed by atoms with Crippen LogP contribution in [-0.4, -0.2) is 52.8 Å². The summed E-state index contributed by atoms with van der Waals surface area (Å²) in [5.74, 6) is 0.434. The first-order valence-corrected chi connectivity index (χ1v) is 9.76. The lowest BCUT2D eigenvalue weighted by Gasteiger charge is -2.32. The number of likely N-dealkylation sites (tertiary alicyclic amines) is 1. The molecule has 0 amide bonds. The Kier molecular flexibility index (Phi) is 4.54. The van der Waals surface area contributed by atoms with Gasteiger partial charge in [0.05, 0.1) is 23.9 Å². The number of aromatic nitrogens is 4. The second kappa shape index (κ2) is 6.45. The van der Waals surface area contributed by atoms with E-state index in [1.807, 2.05) is 6.92 Å². The molecule has 0 spiro atoms. The molecular weight excluding hydrogens is 314 g/mol. The standard InChI is InChI=1S/C15H23N5O2S/c1-11-14(17-10-16-11)9-20-5-3-4-12(8-20)6-13-15(7-18-19-13)23(2,21)22/h7,10,12H,3-6,8-9H2,1-2H3,(H,16,17)(H,18,19)/t12-/m1/s1. The molecule has 3 heterocycles. The molecule has 23 heavy (non-hydrogen) atoms. The van der Waals surface area contributed by atoms with Gasteiger partial charge in [-0.1, -0.05) is 0 Å². The molecular formula is C15H23N5O2S. The molecule has 1 fully saturated rings. The number of sulfone groups is 1. The van der Waals surface area contributed by atoms with Crippen molar-refractivity contribution < 1.29 is 8.42 Å². The summed E-state index contributed by atoms with van der Waals surface area (Å²) in [6.07, 6.45) is 7.33. The fraction of sp³-hybridized carbons (Fsp3) is 0.600. The smallest absolute Gasteiger partial charge is 0.178 e. The van der Waals surface area contributed by atoms with Gasteiger partial charge in [0.25, 0.3) is 0 Å². The van der Waals surface area contributed by atoms with E-state index in [0.717, 1.165) is 56.0 Å². The van der Waals surface area contributed by atoms with Gasteiger partial charge in [0.15, 0.2) is 9.84 Å². The van der Waals surface area contributed by atoms with Gasteiger partial charge in [0, 0.05) is 25.0 Å². The molecule has 0 aliphatic carbocycles. The van der Waals surface area contributed by atoms with Crippen molar-refractivity contribution in [3.05, 3.63) is 29.6 Å². The third kappa shape index (κ3) is 3.81. The molecule has 7 nitrogen and oxygen atoms in total. The van der Waals surface area contributed by atoms with Crippen molar-refractivity contribution in [3.63, 3.8) is 0 Å². The number of nitrogens with one attached hydrogen (secondary N) is 2. The molecule has 0 radical (unpaired) electrons. The molecule has 8 heteroatoms. The predicted octanol–water partition coefficient (Wildman–Crippen LogP) is 1.30. The fourth-order valence-corrected chi connectivity index (χ4v) is 4.10. The molecule has 0 bridgehead atoms. The van der Waals surface area contributed by atoms with Crippen LogP contribution < -0.4 is 0 Å². The molecule has 1 atom stereocenters. The second-order valence-corrected chi connectivity index (χ2v) is 8.39. The van der Waals surface area contributed by atoms with E-state index in [0.29, 0.717) is 10.8 Å². The molecule has 2 N–H and O–H groups in total. The summed E-state index contributed by atoms with van der Waals surface area (Å²) in [7, 11) is -3.22. The summed E-state index contributed by atoms with van der Waals surface area (Å²) >= 11 is 0. The molecule has 3 rings (SSSR count). The highest BCUT2D eigenvalue weighted by Gasteiger charge is 2.24. The molecule has 2 aromatic heterocycles. The van der Waals surface area contributed by atoms with E-state index in [1.165, 1.54) is 12.5 Å². The van der Waals surface area contributed by atoms with Crippen molar-refractivity contribution in [2.45, 2.75) is 37.6 Å². The molecule has 1 aliphatic heterocycles. The van der Waals surface area contributed by atoms with E-state index in [2.05, 4.69) is 25.1 Å². The van der Waals surface area contributed by atoms with Crippen molar-refractivity contribution >= 4 is 9.84 Å². The zero-order valence-corrected chi connectivity index (χ0v) is 14.4. The maximum absolute atomic E-state index is 11.8. The Morgan fingerprint density at radius 2 is 2.26 bits per heavy atom. The van der Waals surface area contributed by atoms with Crippen LogP contribution in [0.1, 0.15) is 29.9 Å². The minimum atomic E-state index is -3.22. The summed E-state index contributed by atoms with van der Waals surface area (Å²) in [6, 6.07) is 0. The van der Waals surface area contributed by atoms with E-state index in [-0.39, 0.29) is 0 Å². The van der Waals surface area contributed by atoms with Gasteiger partial charge in [0.1, 0.15) is 4.90 Å². The van der Waals surface area contributed by atoms with Gasteiger partial charge < -0.3 is 4.98 Å². The molecule has 1 saturated heterocycles. The SMILES string of the molecule is Cc1[nH]cnc1CN1CCC[C@H](Cc2[nH]ncc2S(C)(=O)=O)C1. The number of aromatic amines is 2. The lowest BCUT2D eigenvalue weighted by atomic mass is 9.93. The van der Waals surface area contributed by atoms with Gasteiger partial charge in [-0.25, -0.2) is 13.4 Å². The molecule has 1 aliphatic rings. The minimum absolute atomic E-state index is 0.331. The first-order valence-electron chi connectivity index (χ1n) is 7.87. The Labute approximate surface area is 136 Å². The summed E-state index contributed by atoms with van der Waals surface area (Å²) in [5.41, 5.74) is 2.93. The normalized spacial score (nSPS) is 20.0. The molecule has 0 unspecified atom stereocenters. The second-order valence-electron chi connectivity index (χ2n) is 6.41. The van der Waals surface area contributed by atoms with Crippen LogP contribution in [0, 0.1) is 12.8 Å². The van der Waals surface area contributed by atoms with Crippen LogP contribution in [0.5, 0.6) is 0 Å². The molecule has 0 saturated carbocycles. The van der Waals surface area contributed by atoms with Crippen LogP contribution in [0.15, 0.2) is 17.4 Å². The van der Waals surface area contributed by atoms with E-state index in [4.69, 9.17) is 0 Å². The lowest BCUT2D eigenvalue weighted by molar-refractivity contribution is 0.164. The average molecular weight is 337 g/mol. The van der Waals surface area contributed by atoms with Crippen molar-refractivity contribution in [1.29, 1.82) is 0 Å². The van der Waals surface area contributed by atoms with E-state index < -0.39 is 9.84 Å². The number of hydrogen-bond acceptors (Lipinski definition) is 5. The number of H-pyrrole nitrogens is 2. The first kappa shape index (κ1) is 16.2. The largest absolute Gasteiger partial charge is 0.348 e. The van der Waals surface area contributed by atoms with Gasteiger partial charge in [-0.2, -0.15) is 5.10 Å². The average Bonchev–Trinajstić information content (AvgIpc) is 3.09. The van der Waals surface area contributed by atoms with Gasteiger partial charge in [0.2, 0.25) is 0 Å². The maximum Gasteiger partial charge on any atom is 0.178 e. The third-order valence-electron chi connectivity index (χ3n) is 4.48. The van der Waals surface area contributed by atoms with E-state index in [1.54, 1.807) is 6.33 Å². The topological polar surface area (TPSA) is 94.7 Å². The van der Waals surface area contributed by atoms with Crippen LogP contribution in [0.25, 0.3) is 0 Å². The number of rotatable bonds is 5. The molecule has 2 aromatic rings.